The Morgan fingerprint density at radius 1 is 0.968 bits per heavy atom. The average molecular weight is 423 g/mol. The highest BCUT2D eigenvalue weighted by Gasteiger charge is 2.24. The number of halogens is 1. The molecule has 31 heavy (non-hydrogen) atoms. The number of aryl methyl sites for hydroxylation is 2. The molecule has 1 aromatic heterocycles. The van der Waals surface area contributed by atoms with Crippen LogP contribution in [-0.2, 0) is 5.41 Å². The van der Waals surface area contributed by atoms with Gasteiger partial charge in [-0.05, 0) is 81.6 Å². The second kappa shape index (κ2) is 7.91. The summed E-state index contributed by atoms with van der Waals surface area (Å²) in [6, 6.07) is 10.6. The quantitative estimate of drug-likeness (QED) is 0.605. The van der Waals surface area contributed by atoms with Gasteiger partial charge in [0.25, 0.3) is 5.91 Å². The number of aromatic nitrogens is 3. The van der Waals surface area contributed by atoms with Crippen LogP contribution in [0.15, 0.2) is 36.4 Å². The Labute approximate surface area is 183 Å². The molecule has 1 heterocycles. The maximum atomic E-state index is 13.9. The fraction of sp³-hybridized carbons (Fsp3) is 0.400. The van der Waals surface area contributed by atoms with Gasteiger partial charge in [-0.25, -0.2) is 14.1 Å². The van der Waals surface area contributed by atoms with Gasteiger partial charge in [-0.15, -0.1) is 0 Å². The zero-order valence-electron chi connectivity index (χ0n) is 19.6. The van der Waals surface area contributed by atoms with Crippen molar-refractivity contribution in [2.75, 3.05) is 0 Å². The summed E-state index contributed by atoms with van der Waals surface area (Å²) in [4.78, 5) is 17.6. The Bertz CT molecular complexity index is 1130. The van der Waals surface area contributed by atoms with Crippen LogP contribution in [0, 0.1) is 19.7 Å². The smallest absolute Gasteiger partial charge is 0.251 e. The predicted molar refractivity (Wildman–Crippen MR) is 122 cm³/mol. The molecule has 0 unspecified atom stereocenters. The van der Waals surface area contributed by atoms with E-state index in [-0.39, 0.29) is 22.7 Å². The summed E-state index contributed by atoms with van der Waals surface area (Å²) in [5.41, 5.74) is 2.84. The maximum absolute atomic E-state index is 13.9. The molecule has 0 saturated carbocycles. The summed E-state index contributed by atoms with van der Waals surface area (Å²) in [6.45, 7) is 15.6. The van der Waals surface area contributed by atoms with E-state index in [4.69, 9.17) is 0 Å². The number of amides is 1. The molecule has 0 fully saturated rings. The molecule has 3 aromatic rings. The Morgan fingerprint density at radius 2 is 1.65 bits per heavy atom. The third kappa shape index (κ3) is 5.19. The summed E-state index contributed by atoms with van der Waals surface area (Å²) in [7, 11) is 0. The van der Waals surface area contributed by atoms with Crippen LogP contribution in [0.1, 0.15) is 69.1 Å². The number of carbonyl (C=O) groups is 1. The van der Waals surface area contributed by atoms with Gasteiger partial charge in [0.1, 0.15) is 17.5 Å². The lowest BCUT2D eigenvalue weighted by molar-refractivity contribution is 0.0919. The zero-order valence-corrected chi connectivity index (χ0v) is 19.6. The van der Waals surface area contributed by atoms with Crippen LogP contribution < -0.4 is 5.32 Å². The number of hydrogen-bond acceptors (Lipinski definition) is 3. The van der Waals surface area contributed by atoms with E-state index in [2.05, 4.69) is 36.2 Å². The minimum absolute atomic E-state index is 0.177. The fourth-order valence-corrected chi connectivity index (χ4v) is 3.35. The number of carbonyl (C=O) groups excluding carboxylic acids is 1. The van der Waals surface area contributed by atoms with Crippen LogP contribution in [0.4, 0.5) is 4.39 Å². The average Bonchev–Trinajstić information content (AvgIpc) is 3.04. The van der Waals surface area contributed by atoms with Crippen LogP contribution in [-0.4, -0.2) is 26.2 Å². The van der Waals surface area contributed by atoms with Crippen LogP contribution in [0.5, 0.6) is 0 Å². The first-order chi connectivity index (χ1) is 14.2. The van der Waals surface area contributed by atoms with Crippen molar-refractivity contribution in [2.24, 2.45) is 0 Å². The molecule has 0 bridgehead atoms. The summed E-state index contributed by atoms with van der Waals surface area (Å²) in [5, 5.41) is 7.62. The third-order valence-corrected chi connectivity index (χ3v) is 4.79. The standard InChI is InChI=1S/C25H31FN4O/c1-15-11-17(9-10-21(15)26)18-12-19(22(31)28-25(6,7)8)14-20(13-18)30-23(24(3,4)5)27-16(2)29-30/h9-14H,1-8H3,(H,28,31). The number of rotatable bonds is 3. The zero-order chi connectivity index (χ0) is 23.1. The summed E-state index contributed by atoms with van der Waals surface area (Å²) < 4.78 is 15.6. The lowest BCUT2D eigenvalue weighted by atomic mass is 9.95. The number of nitrogens with one attached hydrogen (secondary N) is 1. The van der Waals surface area contributed by atoms with Crippen molar-refractivity contribution in [3.05, 3.63) is 65.0 Å². The van der Waals surface area contributed by atoms with E-state index in [0.29, 0.717) is 17.0 Å². The normalized spacial score (nSPS) is 12.2. The lowest BCUT2D eigenvalue weighted by Gasteiger charge is -2.22. The van der Waals surface area contributed by atoms with Crippen molar-refractivity contribution < 1.29 is 9.18 Å². The molecular formula is C25H31FN4O. The molecule has 164 valence electrons. The maximum Gasteiger partial charge on any atom is 0.251 e. The van der Waals surface area contributed by atoms with E-state index in [1.807, 2.05) is 45.9 Å². The minimum Gasteiger partial charge on any atom is -0.347 e. The molecule has 5 nitrogen and oxygen atoms in total. The second-order valence-electron chi connectivity index (χ2n) is 10.1. The van der Waals surface area contributed by atoms with Gasteiger partial charge in [-0.1, -0.05) is 26.8 Å². The Kier molecular flexibility index (Phi) is 5.78. The van der Waals surface area contributed by atoms with Crippen LogP contribution >= 0.6 is 0 Å². The van der Waals surface area contributed by atoms with Gasteiger partial charge in [0.2, 0.25) is 0 Å². The Balaban J connectivity index is 2.23. The van der Waals surface area contributed by atoms with E-state index in [9.17, 15) is 9.18 Å². The SMILES string of the molecule is Cc1nc(C(C)(C)C)n(-c2cc(C(=O)NC(C)(C)C)cc(-c3ccc(F)c(C)c3)c2)n1. The van der Waals surface area contributed by atoms with E-state index in [0.717, 1.165) is 22.6 Å². The number of benzene rings is 2. The summed E-state index contributed by atoms with van der Waals surface area (Å²) >= 11 is 0. The molecule has 0 spiro atoms. The van der Waals surface area contributed by atoms with Crippen LogP contribution in [0.2, 0.25) is 0 Å². The van der Waals surface area contributed by atoms with Gasteiger partial charge in [-0.2, -0.15) is 5.10 Å². The first-order valence-electron chi connectivity index (χ1n) is 10.4. The van der Waals surface area contributed by atoms with E-state index >= 15 is 0 Å². The van der Waals surface area contributed by atoms with E-state index in [1.165, 1.54) is 6.07 Å². The van der Waals surface area contributed by atoms with Gasteiger partial charge in [0, 0.05) is 16.5 Å². The van der Waals surface area contributed by atoms with Crippen molar-refractivity contribution in [1.82, 2.24) is 20.1 Å². The van der Waals surface area contributed by atoms with Gasteiger partial charge >= 0.3 is 0 Å². The van der Waals surface area contributed by atoms with E-state index in [1.54, 1.807) is 23.7 Å². The molecule has 3 rings (SSSR count). The topological polar surface area (TPSA) is 59.8 Å². The molecule has 2 aromatic carbocycles. The van der Waals surface area contributed by atoms with Gasteiger partial charge in [-0.3, -0.25) is 4.79 Å². The summed E-state index contributed by atoms with van der Waals surface area (Å²) in [5.74, 6) is 1.03. The van der Waals surface area contributed by atoms with Crippen molar-refractivity contribution in [3.8, 4) is 16.8 Å². The molecule has 6 heteroatoms. The summed E-state index contributed by atoms with van der Waals surface area (Å²) in [6.07, 6.45) is 0. The molecule has 0 aliphatic heterocycles. The highest BCUT2D eigenvalue weighted by atomic mass is 19.1. The van der Waals surface area contributed by atoms with Crippen LogP contribution in [0.3, 0.4) is 0 Å². The molecule has 0 aliphatic carbocycles. The monoisotopic (exact) mass is 422 g/mol. The Morgan fingerprint density at radius 3 is 2.23 bits per heavy atom. The highest BCUT2D eigenvalue weighted by Crippen LogP contribution is 2.29. The second-order valence-corrected chi connectivity index (χ2v) is 10.1. The molecule has 1 N–H and O–H groups in total. The van der Waals surface area contributed by atoms with Gasteiger partial charge in [0.15, 0.2) is 0 Å². The van der Waals surface area contributed by atoms with Crippen molar-refractivity contribution in [3.63, 3.8) is 0 Å². The van der Waals surface area contributed by atoms with Crippen LogP contribution in [0.25, 0.3) is 16.8 Å². The molecule has 0 saturated heterocycles. The van der Waals surface area contributed by atoms with Gasteiger partial charge in [0.05, 0.1) is 5.69 Å². The lowest BCUT2D eigenvalue weighted by Crippen LogP contribution is -2.40. The molecular weight excluding hydrogens is 391 g/mol. The van der Waals surface area contributed by atoms with Crippen molar-refractivity contribution in [2.45, 2.75) is 66.3 Å². The molecule has 0 radical (unpaired) electrons. The molecule has 1 amide bonds. The van der Waals surface area contributed by atoms with Gasteiger partial charge < -0.3 is 5.32 Å². The third-order valence-electron chi connectivity index (χ3n) is 4.79. The Hall–Kier alpha value is -3.02. The fourth-order valence-electron chi connectivity index (χ4n) is 3.35. The first kappa shape index (κ1) is 22.7. The molecule has 0 atom stereocenters. The first-order valence-corrected chi connectivity index (χ1v) is 10.4. The van der Waals surface area contributed by atoms with E-state index < -0.39 is 0 Å². The predicted octanol–water partition coefficient (Wildman–Crippen LogP) is 5.52. The number of nitrogens with zero attached hydrogens (tertiary/aromatic N) is 3. The van der Waals surface area contributed by atoms with Crippen molar-refractivity contribution >= 4 is 5.91 Å². The molecule has 0 aliphatic rings. The minimum atomic E-state index is -0.375. The highest BCUT2D eigenvalue weighted by molar-refractivity contribution is 5.96. The van der Waals surface area contributed by atoms with Crippen molar-refractivity contribution in [1.29, 1.82) is 0 Å². The number of hydrogen-bond donors (Lipinski definition) is 1. The largest absolute Gasteiger partial charge is 0.347 e.